The van der Waals surface area contributed by atoms with Crippen LogP contribution in [0.4, 0.5) is 26.3 Å². The Morgan fingerprint density at radius 2 is 1.12 bits per heavy atom. The molecule has 25 nitrogen and oxygen atoms in total. The number of esters is 2. The van der Waals surface area contributed by atoms with Crippen molar-refractivity contribution in [3.8, 4) is 11.1 Å². The number of fused-ring (bicyclic) bond motifs is 4. The fourth-order valence-corrected chi connectivity index (χ4v) is 11.3. The summed E-state index contributed by atoms with van der Waals surface area (Å²) in [6.07, 6.45) is -1.49. The van der Waals surface area contributed by atoms with E-state index in [0.29, 0.717) is 103 Å². The van der Waals surface area contributed by atoms with E-state index >= 15 is 0 Å². The zero-order chi connectivity index (χ0) is 66.9. The molecule has 0 fully saturated rings. The number of rotatable bonds is 17. The first kappa shape index (κ1) is 67.6. The van der Waals surface area contributed by atoms with Gasteiger partial charge in [0.25, 0.3) is 23.6 Å². The van der Waals surface area contributed by atoms with Gasteiger partial charge in [-0.3, -0.25) is 66.9 Å². The second kappa shape index (κ2) is 29.1. The molecular weight excluding hydrogens is 1220 g/mol. The van der Waals surface area contributed by atoms with Gasteiger partial charge in [-0.2, -0.15) is 33.6 Å². The Bertz CT molecular complexity index is 4040. The molecular formula is C61H63F6N13O12. The number of pyridine rings is 1. The number of ketones is 2. The highest BCUT2D eigenvalue weighted by atomic mass is 19.4. The molecule has 6 N–H and O–H groups in total. The Hall–Kier alpha value is -10.4. The molecule has 0 spiro atoms. The second-order valence-electron chi connectivity index (χ2n) is 21.4. The van der Waals surface area contributed by atoms with E-state index in [-0.39, 0.29) is 91.9 Å². The van der Waals surface area contributed by atoms with Crippen LogP contribution in [0.2, 0.25) is 0 Å². The summed E-state index contributed by atoms with van der Waals surface area (Å²) in [6, 6.07) is 9.56. The quantitative estimate of drug-likeness (QED) is 0.0575. The number of benzene rings is 2. The number of hydrogen-bond donors (Lipinski definition) is 5. The number of carboxylic acids is 1. The fourth-order valence-electron chi connectivity index (χ4n) is 11.3. The van der Waals surface area contributed by atoms with E-state index in [4.69, 9.17) is 20.3 Å². The van der Waals surface area contributed by atoms with Gasteiger partial charge in [-0.15, -0.1) is 0 Å². The normalized spacial score (nSPS) is 14.0. The number of aromatic nitrogens is 9. The number of carboxylic acid groups (broad SMARTS) is 1. The summed E-state index contributed by atoms with van der Waals surface area (Å²) in [5.74, 6) is -7.79. The van der Waals surface area contributed by atoms with E-state index < -0.39 is 76.5 Å². The van der Waals surface area contributed by atoms with Crippen LogP contribution in [0.5, 0.6) is 0 Å². The van der Waals surface area contributed by atoms with E-state index in [2.05, 4.69) is 41.3 Å². The number of nitrogens with one attached hydrogen (secondary N) is 3. The van der Waals surface area contributed by atoms with Crippen molar-refractivity contribution in [1.82, 2.24) is 60.1 Å². The monoisotopic (exact) mass is 1280 g/mol. The summed E-state index contributed by atoms with van der Waals surface area (Å²) in [5.41, 5.74) is 10.1. The number of Topliss-reactive ketones (excluding diaryl/α,β-unsaturated/α-hetero) is 2. The van der Waals surface area contributed by atoms with Crippen molar-refractivity contribution in [2.24, 2.45) is 5.73 Å². The van der Waals surface area contributed by atoms with E-state index in [1.807, 2.05) is 0 Å². The molecule has 0 radical (unpaired) electrons. The lowest BCUT2D eigenvalue weighted by Crippen LogP contribution is -2.34. The van der Waals surface area contributed by atoms with Gasteiger partial charge in [-0.1, -0.05) is 12.1 Å². The SMILES string of the molecule is CCOC(=O)Cn1nc(C)c2c1CCC2=O.CCOC(=O)Cn1nc(C)c2c1CCNC2=O.Cc1nn(CC(=O)O)c2c1C(=O)NCC2.NC(=O)c1cc(-c2cccnc2[C@@H](CC(=O)Cn2nc(C(F)(F)F)c3c2CCNC3=O)Cc2cc(F)cc(F)c2)ccc1F. The van der Waals surface area contributed by atoms with Gasteiger partial charge < -0.3 is 36.3 Å². The van der Waals surface area contributed by atoms with E-state index in [9.17, 15) is 69.5 Å². The Balaban J connectivity index is 0.000000184. The Morgan fingerprint density at radius 3 is 1.63 bits per heavy atom. The van der Waals surface area contributed by atoms with Crippen LogP contribution in [-0.2, 0) is 93.1 Å². The zero-order valence-corrected chi connectivity index (χ0v) is 50.4. The molecule has 3 aliphatic heterocycles. The van der Waals surface area contributed by atoms with Crippen LogP contribution in [-0.4, -0.2) is 135 Å². The molecule has 1 atom stereocenters. The molecule has 8 heterocycles. The van der Waals surface area contributed by atoms with Crippen LogP contribution in [0.1, 0.15) is 141 Å². The molecule has 4 amide bonds. The lowest BCUT2D eigenvalue weighted by atomic mass is 9.86. The Morgan fingerprint density at radius 1 is 0.630 bits per heavy atom. The van der Waals surface area contributed by atoms with Crippen LogP contribution in [0, 0.1) is 38.2 Å². The van der Waals surface area contributed by atoms with Gasteiger partial charge in [0.15, 0.2) is 17.3 Å². The molecule has 5 aromatic heterocycles. The number of nitrogens with two attached hydrogens (primary N) is 1. The molecule has 11 rings (SSSR count). The third kappa shape index (κ3) is 15.8. The van der Waals surface area contributed by atoms with Gasteiger partial charge in [0.1, 0.15) is 37.1 Å². The molecule has 31 heteroatoms. The largest absolute Gasteiger partial charge is 0.480 e. The van der Waals surface area contributed by atoms with E-state index in [1.165, 1.54) is 23.0 Å². The first-order chi connectivity index (χ1) is 43.7. The minimum Gasteiger partial charge on any atom is -0.480 e. The van der Waals surface area contributed by atoms with Crippen molar-refractivity contribution in [3.63, 3.8) is 0 Å². The molecule has 2 aromatic carbocycles. The minimum absolute atomic E-state index is 0.0145. The maximum Gasteiger partial charge on any atom is 0.435 e. The van der Waals surface area contributed by atoms with Crippen molar-refractivity contribution in [1.29, 1.82) is 0 Å². The molecule has 0 unspecified atom stereocenters. The third-order valence-corrected chi connectivity index (χ3v) is 14.9. The number of aliphatic carboxylic acids is 1. The first-order valence-corrected chi connectivity index (χ1v) is 28.9. The minimum atomic E-state index is -4.95. The predicted octanol–water partition coefficient (Wildman–Crippen LogP) is 5.24. The summed E-state index contributed by atoms with van der Waals surface area (Å²) in [7, 11) is 0. The smallest absolute Gasteiger partial charge is 0.435 e. The second-order valence-corrected chi connectivity index (χ2v) is 21.4. The van der Waals surface area contributed by atoms with Crippen LogP contribution in [0.3, 0.4) is 0 Å². The van der Waals surface area contributed by atoms with Crippen molar-refractivity contribution < 1.29 is 84.1 Å². The number of ether oxygens (including phenoxy) is 2. The molecule has 7 aromatic rings. The molecule has 0 saturated carbocycles. The van der Waals surface area contributed by atoms with Gasteiger partial charge in [0.05, 0.1) is 93.1 Å². The molecule has 4 aliphatic rings. The topological polar surface area (TPSA) is 339 Å². The molecule has 486 valence electrons. The number of nitrogens with zero attached hydrogens (tertiary/aromatic N) is 9. The van der Waals surface area contributed by atoms with Gasteiger partial charge in [-0.25, -0.2) is 13.2 Å². The number of aryl methyl sites for hydroxylation is 3. The van der Waals surface area contributed by atoms with E-state index in [1.54, 1.807) is 56.1 Å². The number of carbonyl (C=O) groups is 9. The van der Waals surface area contributed by atoms with Crippen LogP contribution in [0.15, 0.2) is 54.7 Å². The van der Waals surface area contributed by atoms with E-state index in [0.717, 1.165) is 40.0 Å². The maximum absolute atomic E-state index is 14.2. The van der Waals surface area contributed by atoms with Crippen LogP contribution < -0.4 is 21.7 Å². The molecule has 0 bridgehead atoms. The summed E-state index contributed by atoms with van der Waals surface area (Å²) >= 11 is 0. The molecule has 0 saturated heterocycles. The van der Waals surface area contributed by atoms with Gasteiger partial charge >= 0.3 is 24.1 Å². The predicted molar refractivity (Wildman–Crippen MR) is 310 cm³/mol. The summed E-state index contributed by atoms with van der Waals surface area (Å²) in [6.45, 7) is 10.0. The third-order valence-electron chi connectivity index (χ3n) is 14.9. The average Bonchev–Trinajstić information content (AvgIpc) is 1.59. The van der Waals surface area contributed by atoms with Crippen molar-refractivity contribution in [3.05, 3.63) is 157 Å². The zero-order valence-electron chi connectivity index (χ0n) is 50.4. The van der Waals surface area contributed by atoms with Gasteiger partial charge in [-0.05, 0) is 88.9 Å². The van der Waals surface area contributed by atoms with Crippen molar-refractivity contribution in [2.75, 3.05) is 32.8 Å². The highest BCUT2D eigenvalue weighted by molar-refractivity contribution is 6.01. The van der Waals surface area contributed by atoms with Crippen LogP contribution >= 0.6 is 0 Å². The lowest BCUT2D eigenvalue weighted by molar-refractivity contribution is -0.145. The Kier molecular flexibility index (Phi) is 21.4. The standard InChI is InChI=1S/C30H23F6N5O3.C11H15N3O3.C11H14N2O3.C9H11N3O3/c31-18-9-15(10-19(32)13-18)8-17(26-21(2-1-6-38-26)16-3-4-23(33)22(12-16)28(37)43)11-20(42)14-41-24-5-7-39-29(44)25(24)27(40-41)30(34,35)36;1-3-17-9(15)6-14-8-4-5-12-11(16)10(8)7(2)13-14;1-3-16-10(15)6-13-8-4-5-9(14)11(8)7(2)12-13;1-5-8-6(2-3-10-9(8)15)12(11-5)4-7(13)14/h1-4,6,9-10,12-13,17H,5,7-8,11,14H2,(H2,37,43)(H,39,44);3-6H2,1-2H3,(H,12,16);3-6H2,1-2H3;2-4H2,1H3,(H,10,15)(H,13,14)/t17-;;;/m1.../s1. The molecule has 92 heavy (non-hydrogen) atoms. The average molecular weight is 1280 g/mol. The fraction of sp³-hybridized carbons (Fsp3) is 0.377. The Labute approximate surface area is 520 Å². The number of amides is 4. The van der Waals surface area contributed by atoms with Crippen molar-refractivity contribution in [2.45, 2.75) is 118 Å². The lowest BCUT2D eigenvalue weighted by Gasteiger charge is -2.20. The van der Waals surface area contributed by atoms with Gasteiger partial charge in [0, 0.05) is 75.5 Å². The maximum atomic E-state index is 14.2. The van der Waals surface area contributed by atoms with Crippen LogP contribution in [0.25, 0.3) is 11.1 Å². The number of hydrogen-bond acceptors (Lipinski definition) is 16. The summed E-state index contributed by atoms with van der Waals surface area (Å²) in [4.78, 5) is 110. The van der Waals surface area contributed by atoms with Gasteiger partial charge in [0.2, 0.25) is 0 Å². The summed E-state index contributed by atoms with van der Waals surface area (Å²) < 4.78 is 98.6. The number of alkyl halides is 3. The number of halogens is 6. The number of carbonyl (C=O) groups excluding carboxylic acids is 8. The molecule has 1 aliphatic carbocycles. The number of primary amides is 1. The highest BCUT2D eigenvalue weighted by Crippen LogP contribution is 2.36. The highest BCUT2D eigenvalue weighted by Gasteiger charge is 2.43. The first-order valence-electron chi connectivity index (χ1n) is 28.9. The van der Waals surface area contributed by atoms with Crippen molar-refractivity contribution >= 4 is 53.1 Å². The summed E-state index contributed by atoms with van der Waals surface area (Å²) in [5, 5.41) is 32.5.